The van der Waals surface area contributed by atoms with Gasteiger partial charge in [0.2, 0.25) is 0 Å². The van der Waals surface area contributed by atoms with Gasteiger partial charge in [0.25, 0.3) is 0 Å². The number of aryl methyl sites for hydroxylation is 1. The van der Waals surface area contributed by atoms with Crippen LogP contribution in [0.15, 0.2) is 36.8 Å². The number of carbonyl (C=O) groups is 1. The first kappa shape index (κ1) is 14.1. The molecule has 1 aromatic carbocycles. The Labute approximate surface area is 117 Å². The van der Waals surface area contributed by atoms with Gasteiger partial charge in [-0.25, -0.2) is 9.78 Å². The molecule has 6 heteroatoms. The Morgan fingerprint density at radius 2 is 2.30 bits per heavy atom. The van der Waals surface area contributed by atoms with E-state index in [-0.39, 0.29) is 0 Å². The number of nitrogens with one attached hydrogen (secondary N) is 2. The van der Waals surface area contributed by atoms with Gasteiger partial charge in [-0.05, 0) is 25.1 Å². The molecule has 0 radical (unpaired) electrons. The molecule has 2 N–H and O–H groups in total. The second-order valence-electron chi connectivity index (χ2n) is 4.20. The topological polar surface area (TPSA) is 68.2 Å². The zero-order chi connectivity index (χ0) is 14.4. The van der Waals surface area contributed by atoms with E-state index in [0.29, 0.717) is 12.1 Å². The maximum atomic E-state index is 11.6. The van der Waals surface area contributed by atoms with Gasteiger partial charge in [0, 0.05) is 25.5 Å². The summed E-state index contributed by atoms with van der Waals surface area (Å²) in [6.45, 7) is 3.60. The first-order chi connectivity index (χ1) is 9.74. The van der Waals surface area contributed by atoms with Gasteiger partial charge < -0.3 is 14.7 Å². The molecular weight excluding hydrogens is 256 g/mol. The molecule has 0 unspecified atom stereocenters. The van der Waals surface area contributed by atoms with E-state index in [2.05, 4.69) is 27.3 Å². The van der Waals surface area contributed by atoms with Gasteiger partial charge in [-0.15, -0.1) is 0 Å². The summed E-state index contributed by atoms with van der Waals surface area (Å²) in [6.07, 6.45) is 3.63. The minimum atomic E-state index is -0.408. The number of imidazole rings is 1. The predicted molar refractivity (Wildman–Crippen MR) is 76.1 cm³/mol. The first-order valence-corrected chi connectivity index (χ1v) is 6.45. The summed E-state index contributed by atoms with van der Waals surface area (Å²) in [5, 5.41) is 3.27. The summed E-state index contributed by atoms with van der Waals surface area (Å²) in [6, 6.07) is 7.18. The van der Waals surface area contributed by atoms with Crippen LogP contribution in [-0.4, -0.2) is 22.6 Å². The molecule has 0 aliphatic rings. The Morgan fingerprint density at radius 1 is 1.45 bits per heavy atom. The van der Waals surface area contributed by atoms with Gasteiger partial charge in [-0.2, -0.15) is 5.48 Å². The number of anilines is 1. The Hall–Kier alpha value is -2.34. The zero-order valence-corrected chi connectivity index (χ0v) is 11.6. The summed E-state index contributed by atoms with van der Waals surface area (Å²) in [4.78, 5) is 20.5. The number of nitrogens with zero attached hydrogens (tertiary/aromatic N) is 2. The smallest absolute Gasteiger partial charge is 0.356 e. The van der Waals surface area contributed by atoms with Crippen LogP contribution >= 0.6 is 0 Å². The molecule has 20 heavy (non-hydrogen) atoms. The minimum Gasteiger partial charge on any atom is -0.379 e. The lowest BCUT2D eigenvalue weighted by molar-refractivity contribution is 0.0310. The Kier molecular flexibility index (Phi) is 4.73. The van der Waals surface area contributed by atoms with Crippen molar-refractivity contribution in [2.45, 2.75) is 20.0 Å². The monoisotopic (exact) mass is 274 g/mol. The van der Waals surface area contributed by atoms with Crippen molar-refractivity contribution in [3.05, 3.63) is 48.0 Å². The lowest BCUT2D eigenvalue weighted by atomic mass is 10.2. The highest BCUT2D eigenvalue weighted by atomic mass is 16.7. The van der Waals surface area contributed by atoms with Gasteiger partial charge in [0.15, 0.2) is 0 Å². The van der Waals surface area contributed by atoms with E-state index in [9.17, 15) is 4.79 Å². The molecule has 0 spiro atoms. The fourth-order valence-electron chi connectivity index (χ4n) is 1.88. The zero-order valence-electron chi connectivity index (χ0n) is 11.6. The molecule has 1 heterocycles. The number of carbonyl (C=O) groups excluding carboxylic acids is 1. The van der Waals surface area contributed by atoms with E-state index >= 15 is 0 Å². The fraction of sp³-hybridized carbons (Fsp3) is 0.286. The van der Waals surface area contributed by atoms with Crippen LogP contribution in [-0.2, 0) is 17.9 Å². The Balaban J connectivity index is 2.03. The highest BCUT2D eigenvalue weighted by Gasteiger charge is 2.07. The number of rotatable bonds is 6. The molecule has 0 aliphatic heterocycles. The van der Waals surface area contributed by atoms with Gasteiger partial charge in [0.05, 0.1) is 24.1 Å². The Morgan fingerprint density at radius 3 is 3.05 bits per heavy atom. The van der Waals surface area contributed by atoms with Crippen LogP contribution in [0.3, 0.4) is 0 Å². The maximum Gasteiger partial charge on any atom is 0.356 e. The van der Waals surface area contributed by atoms with Crippen LogP contribution in [0.5, 0.6) is 0 Å². The summed E-state index contributed by atoms with van der Waals surface area (Å²) >= 11 is 0. The third kappa shape index (κ3) is 3.36. The fourth-order valence-corrected chi connectivity index (χ4v) is 1.88. The molecule has 2 aromatic rings. The SMILES string of the molecule is CCn1cncc1CNc1cccc(C(=O)ONC)c1. The summed E-state index contributed by atoms with van der Waals surface area (Å²) in [5.74, 6) is -0.408. The van der Waals surface area contributed by atoms with Crippen molar-refractivity contribution in [2.24, 2.45) is 0 Å². The lowest BCUT2D eigenvalue weighted by Crippen LogP contribution is -2.15. The Bertz CT molecular complexity index is 580. The highest BCUT2D eigenvalue weighted by Crippen LogP contribution is 2.13. The van der Waals surface area contributed by atoms with Crippen molar-refractivity contribution >= 4 is 11.7 Å². The summed E-state index contributed by atoms with van der Waals surface area (Å²) in [5.41, 5.74) is 4.82. The average Bonchev–Trinajstić information content (AvgIpc) is 2.93. The van der Waals surface area contributed by atoms with Crippen LogP contribution in [0.4, 0.5) is 5.69 Å². The lowest BCUT2D eigenvalue weighted by Gasteiger charge is -2.09. The molecule has 106 valence electrons. The number of hydrogen-bond donors (Lipinski definition) is 2. The van der Waals surface area contributed by atoms with Gasteiger partial charge in [-0.1, -0.05) is 6.07 Å². The van der Waals surface area contributed by atoms with Gasteiger partial charge >= 0.3 is 5.97 Å². The van der Waals surface area contributed by atoms with Crippen LogP contribution in [0.1, 0.15) is 23.0 Å². The van der Waals surface area contributed by atoms with E-state index in [4.69, 9.17) is 4.84 Å². The molecule has 0 saturated heterocycles. The third-order valence-electron chi connectivity index (χ3n) is 2.91. The molecule has 1 aromatic heterocycles. The largest absolute Gasteiger partial charge is 0.379 e. The van der Waals surface area contributed by atoms with Crippen molar-refractivity contribution in [1.82, 2.24) is 15.0 Å². The molecular formula is C14H18N4O2. The number of hydrogen-bond acceptors (Lipinski definition) is 5. The van der Waals surface area contributed by atoms with Crippen molar-refractivity contribution < 1.29 is 9.63 Å². The summed E-state index contributed by atoms with van der Waals surface area (Å²) in [7, 11) is 1.55. The predicted octanol–water partition coefficient (Wildman–Crippen LogP) is 1.81. The molecule has 0 atom stereocenters. The van der Waals surface area contributed by atoms with E-state index in [1.54, 1.807) is 25.5 Å². The standard InChI is InChI=1S/C14H18N4O2/c1-3-18-10-16-8-13(18)9-17-12-6-4-5-11(7-12)14(19)20-15-2/h4-8,10,15,17H,3,9H2,1-2H3. The highest BCUT2D eigenvalue weighted by molar-refractivity contribution is 5.90. The molecule has 6 nitrogen and oxygen atoms in total. The van der Waals surface area contributed by atoms with Crippen molar-refractivity contribution in [1.29, 1.82) is 0 Å². The second kappa shape index (κ2) is 6.72. The minimum absolute atomic E-state index is 0.408. The van der Waals surface area contributed by atoms with Crippen molar-refractivity contribution in [3.63, 3.8) is 0 Å². The van der Waals surface area contributed by atoms with E-state index in [0.717, 1.165) is 17.9 Å². The summed E-state index contributed by atoms with van der Waals surface area (Å²) < 4.78 is 2.06. The number of benzene rings is 1. The van der Waals surface area contributed by atoms with E-state index in [1.807, 2.05) is 18.3 Å². The van der Waals surface area contributed by atoms with Crippen LogP contribution < -0.4 is 10.8 Å². The van der Waals surface area contributed by atoms with Crippen molar-refractivity contribution in [2.75, 3.05) is 12.4 Å². The second-order valence-corrected chi connectivity index (χ2v) is 4.20. The third-order valence-corrected chi connectivity index (χ3v) is 2.91. The maximum absolute atomic E-state index is 11.6. The number of hydroxylamine groups is 1. The normalized spacial score (nSPS) is 10.3. The van der Waals surface area contributed by atoms with E-state index in [1.165, 1.54) is 0 Å². The van der Waals surface area contributed by atoms with Gasteiger partial charge in [-0.3, -0.25) is 0 Å². The van der Waals surface area contributed by atoms with Gasteiger partial charge in [0.1, 0.15) is 0 Å². The molecule has 0 bridgehead atoms. The molecule has 2 rings (SSSR count). The average molecular weight is 274 g/mol. The molecule has 0 amide bonds. The molecule has 0 saturated carbocycles. The molecule has 0 fully saturated rings. The number of aromatic nitrogens is 2. The van der Waals surface area contributed by atoms with Crippen LogP contribution in [0.2, 0.25) is 0 Å². The quantitative estimate of drug-likeness (QED) is 0.786. The molecule has 0 aliphatic carbocycles. The van der Waals surface area contributed by atoms with Crippen molar-refractivity contribution in [3.8, 4) is 0 Å². The van der Waals surface area contributed by atoms with Crippen LogP contribution in [0.25, 0.3) is 0 Å². The first-order valence-electron chi connectivity index (χ1n) is 6.45. The van der Waals surface area contributed by atoms with Crippen LogP contribution in [0, 0.1) is 0 Å². The van der Waals surface area contributed by atoms with E-state index < -0.39 is 5.97 Å².